The van der Waals surface area contributed by atoms with Gasteiger partial charge in [-0.25, -0.2) is 0 Å². The molecule has 0 aromatic heterocycles. The normalized spacial score (nSPS) is 10.1. The Balaban J connectivity index is 1.97. The fourth-order valence-electron chi connectivity index (χ4n) is 2.15. The zero-order valence-electron chi connectivity index (χ0n) is 13.9. The van der Waals surface area contributed by atoms with E-state index in [0.29, 0.717) is 17.8 Å². The summed E-state index contributed by atoms with van der Waals surface area (Å²) in [4.78, 5) is 33.7. The van der Waals surface area contributed by atoms with Gasteiger partial charge in [0.05, 0.1) is 11.5 Å². The van der Waals surface area contributed by atoms with Crippen molar-refractivity contribution in [2.24, 2.45) is 0 Å². The third-order valence-electron chi connectivity index (χ3n) is 3.34. The smallest absolute Gasteiger partial charge is 0.306 e. The van der Waals surface area contributed by atoms with Crippen molar-refractivity contribution in [2.75, 3.05) is 23.7 Å². The van der Waals surface area contributed by atoms with Gasteiger partial charge in [-0.3, -0.25) is 19.7 Å². The molecule has 2 rings (SSSR count). The quantitative estimate of drug-likeness (QED) is 0.519. The molecular formula is C17H17FN4O4. The lowest BCUT2D eigenvalue weighted by Gasteiger charge is -2.09. The fourth-order valence-corrected chi connectivity index (χ4v) is 2.15. The zero-order chi connectivity index (χ0) is 19.1. The number of nitro groups is 1. The van der Waals surface area contributed by atoms with E-state index in [1.807, 2.05) is 0 Å². The first-order valence-corrected chi connectivity index (χ1v) is 7.76. The van der Waals surface area contributed by atoms with Crippen LogP contribution in [-0.2, 0) is 4.79 Å². The van der Waals surface area contributed by atoms with Crippen LogP contribution in [0.5, 0.6) is 0 Å². The summed E-state index contributed by atoms with van der Waals surface area (Å²) < 4.78 is 13.3. The van der Waals surface area contributed by atoms with Gasteiger partial charge in [0.2, 0.25) is 11.7 Å². The summed E-state index contributed by atoms with van der Waals surface area (Å²) in [6, 6.07) is 9.68. The van der Waals surface area contributed by atoms with Crippen molar-refractivity contribution >= 4 is 28.9 Å². The number of anilines is 2. The maximum absolute atomic E-state index is 13.3. The van der Waals surface area contributed by atoms with Crippen molar-refractivity contribution in [3.05, 3.63) is 64.0 Å². The molecule has 2 aromatic carbocycles. The van der Waals surface area contributed by atoms with Gasteiger partial charge < -0.3 is 16.0 Å². The van der Waals surface area contributed by atoms with Crippen LogP contribution in [0.1, 0.15) is 17.3 Å². The molecule has 0 radical (unpaired) electrons. The standard InChI is InChI=1S/C17H17FN4O4/c1-2-19-17(24)11-4-3-5-13(8-11)21-16(23)10-20-12-6-7-14(18)15(9-12)22(25)26/h3-9,20H,2,10H2,1H3,(H,19,24)(H,21,23). The number of nitrogens with one attached hydrogen (secondary N) is 3. The number of nitrogens with zero attached hydrogens (tertiary/aromatic N) is 1. The number of hydrogen-bond donors (Lipinski definition) is 3. The van der Waals surface area contributed by atoms with Gasteiger partial charge in [-0.05, 0) is 37.3 Å². The van der Waals surface area contributed by atoms with Crippen molar-refractivity contribution < 1.29 is 18.9 Å². The molecule has 0 saturated heterocycles. The molecule has 0 bridgehead atoms. The van der Waals surface area contributed by atoms with Gasteiger partial charge in [-0.1, -0.05) is 6.07 Å². The topological polar surface area (TPSA) is 113 Å². The molecule has 9 heteroatoms. The highest BCUT2D eigenvalue weighted by Gasteiger charge is 2.14. The Hall–Kier alpha value is -3.49. The van der Waals surface area contributed by atoms with E-state index in [2.05, 4.69) is 16.0 Å². The molecule has 2 aromatic rings. The van der Waals surface area contributed by atoms with E-state index in [9.17, 15) is 24.1 Å². The van der Waals surface area contributed by atoms with Crippen molar-refractivity contribution in [3.8, 4) is 0 Å². The molecule has 0 unspecified atom stereocenters. The molecular weight excluding hydrogens is 343 g/mol. The van der Waals surface area contributed by atoms with Crippen molar-refractivity contribution in [2.45, 2.75) is 6.92 Å². The summed E-state index contributed by atoms with van der Waals surface area (Å²) >= 11 is 0. The van der Waals surface area contributed by atoms with Crippen LogP contribution in [0.15, 0.2) is 42.5 Å². The van der Waals surface area contributed by atoms with Crippen molar-refractivity contribution in [3.63, 3.8) is 0 Å². The second-order valence-electron chi connectivity index (χ2n) is 5.27. The first-order chi connectivity index (χ1) is 12.4. The number of carbonyl (C=O) groups excluding carboxylic acids is 2. The lowest BCUT2D eigenvalue weighted by Crippen LogP contribution is -2.24. The van der Waals surface area contributed by atoms with Crippen LogP contribution in [-0.4, -0.2) is 29.8 Å². The van der Waals surface area contributed by atoms with E-state index in [4.69, 9.17) is 0 Å². The predicted octanol–water partition coefficient (Wildman–Crippen LogP) is 2.53. The lowest BCUT2D eigenvalue weighted by molar-refractivity contribution is -0.387. The number of hydrogen-bond acceptors (Lipinski definition) is 5. The molecule has 136 valence electrons. The Kier molecular flexibility index (Phi) is 6.20. The highest BCUT2D eigenvalue weighted by atomic mass is 19.1. The number of amides is 2. The molecule has 0 heterocycles. The summed E-state index contributed by atoms with van der Waals surface area (Å²) in [7, 11) is 0. The average molecular weight is 360 g/mol. The van der Waals surface area contributed by atoms with Crippen molar-refractivity contribution in [1.29, 1.82) is 0 Å². The van der Waals surface area contributed by atoms with Crippen LogP contribution in [0.4, 0.5) is 21.5 Å². The van der Waals surface area contributed by atoms with Crippen molar-refractivity contribution in [1.82, 2.24) is 5.32 Å². The first-order valence-electron chi connectivity index (χ1n) is 7.76. The monoisotopic (exact) mass is 360 g/mol. The fraction of sp³-hybridized carbons (Fsp3) is 0.176. The molecule has 26 heavy (non-hydrogen) atoms. The summed E-state index contributed by atoms with van der Waals surface area (Å²) in [5.74, 6) is -1.63. The van der Waals surface area contributed by atoms with Gasteiger partial charge in [0.1, 0.15) is 0 Å². The van der Waals surface area contributed by atoms with Gasteiger partial charge >= 0.3 is 5.69 Å². The Morgan fingerprint density at radius 1 is 1.15 bits per heavy atom. The van der Waals surface area contributed by atoms with Gasteiger partial charge in [-0.15, -0.1) is 0 Å². The summed E-state index contributed by atoms with van der Waals surface area (Å²) in [5, 5.41) is 18.7. The molecule has 0 aliphatic carbocycles. The summed E-state index contributed by atoms with van der Waals surface area (Å²) in [6.07, 6.45) is 0. The van der Waals surface area contributed by atoms with Gasteiger partial charge in [0.25, 0.3) is 5.91 Å². The van der Waals surface area contributed by atoms with Crippen LogP contribution >= 0.6 is 0 Å². The molecule has 0 saturated carbocycles. The number of benzene rings is 2. The van der Waals surface area contributed by atoms with Gasteiger partial charge in [-0.2, -0.15) is 4.39 Å². The molecule has 0 aliphatic heterocycles. The highest BCUT2D eigenvalue weighted by Crippen LogP contribution is 2.21. The second-order valence-corrected chi connectivity index (χ2v) is 5.27. The largest absolute Gasteiger partial charge is 0.376 e. The highest BCUT2D eigenvalue weighted by molar-refractivity contribution is 5.98. The SMILES string of the molecule is CCNC(=O)c1cccc(NC(=O)CNc2ccc(F)c([N+](=O)[O-])c2)c1. The van der Waals surface area contributed by atoms with Crippen LogP contribution in [0, 0.1) is 15.9 Å². The lowest BCUT2D eigenvalue weighted by atomic mass is 10.2. The minimum absolute atomic E-state index is 0.186. The predicted molar refractivity (Wildman–Crippen MR) is 94.6 cm³/mol. The van der Waals surface area contributed by atoms with E-state index in [-0.39, 0.29) is 18.1 Å². The molecule has 2 amide bonds. The molecule has 0 atom stereocenters. The zero-order valence-corrected chi connectivity index (χ0v) is 13.9. The maximum atomic E-state index is 13.3. The van der Waals surface area contributed by atoms with Crippen LogP contribution in [0.2, 0.25) is 0 Å². The van der Waals surface area contributed by atoms with E-state index in [1.54, 1.807) is 25.1 Å². The average Bonchev–Trinajstić information content (AvgIpc) is 2.61. The Morgan fingerprint density at radius 3 is 2.62 bits per heavy atom. The number of nitro benzene ring substituents is 1. The summed E-state index contributed by atoms with van der Waals surface area (Å²) in [5.41, 5.74) is 0.409. The van der Waals surface area contributed by atoms with Crippen LogP contribution in [0.25, 0.3) is 0 Å². The minimum atomic E-state index is -0.952. The number of carbonyl (C=O) groups is 2. The first kappa shape index (κ1) is 18.8. The Bertz CT molecular complexity index is 841. The van der Waals surface area contributed by atoms with E-state index in [0.717, 1.165) is 12.1 Å². The van der Waals surface area contributed by atoms with Crippen LogP contribution in [0.3, 0.4) is 0 Å². The van der Waals surface area contributed by atoms with E-state index >= 15 is 0 Å². The molecule has 0 spiro atoms. The molecule has 0 fully saturated rings. The van der Waals surface area contributed by atoms with E-state index < -0.39 is 22.3 Å². The van der Waals surface area contributed by atoms with Crippen LogP contribution < -0.4 is 16.0 Å². The minimum Gasteiger partial charge on any atom is -0.376 e. The summed E-state index contributed by atoms with van der Waals surface area (Å²) in [6.45, 7) is 2.10. The number of halogens is 1. The van der Waals surface area contributed by atoms with Gasteiger partial charge in [0.15, 0.2) is 0 Å². The third kappa shape index (κ3) is 5.00. The molecule has 0 aliphatic rings. The molecule has 3 N–H and O–H groups in total. The third-order valence-corrected chi connectivity index (χ3v) is 3.34. The Morgan fingerprint density at radius 2 is 1.92 bits per heavy atom. The Labute approximate surface area is 148 Å². The van der Waals surface area contributed by atoms with E-state index in [1.165, 1.54) is 12.1 Å². The second kappa shape index (κ2) is 8.56. The molecule has 8 nitrogen and oxygen atoms in total. The van der Waals surface area contributed by atoms with Gasteiger partial charge in [0, 0.05) is 29.5 Å². The number of rotatable bonds is 7. The maximum Gasteiger partial charge on any atom is 0.306 e.